The maximum Gasteiger partial charge on any atom is 0.143 e. The van der Waals surface area contributed by atoms with Crippen molar-refractivity contribution in [2.24, 2.45) is 0 Å². The highest BCUT2D eigenvalue weighted by atomic mass is 16.3. The third-order valence-electron chi connectivity index (χ3n) is 6.55. The molecule has 0 amide bonds. The molecule has 0 bridgehead atoms. The zero-order valence-electron chi connectivity index (χ0n) is 19.3. The summed E-state index contributed by atoms with van der Waals surface area (Å²) in [7, 11) is 0. The fourth-order valence-corrected chi connectivity index (χ4v) is 4.62. The summed E-state index contributed by atoms with van der Waals surface area (Å²) in [6.45, 7) is 4.41. The Morgan fingerprint density at radius 3 is 2.15 bits per heavy atom. The molecule has 0 unspecified atom stereocenters. The van der Waals surface area contributed by atoms with Gasteiger partial charge in [0.2, 0.25) is 0 Å². The van der Waals surface area contributed by atoms with Gasteiger partial charge in [0.15, 0.2) is 0 Å². The van der Waals surface area contributed by atoms with E-state index in [4.69, 9.17) is 4.42 Å². The molecular formula is C32H25NO. The van der Waals surface area contributed by atoms with Crippen LogP contribution in [0.3, 0.4) is 0 Å². The van der Waals surface area contributed by atoms with Gasteiger partial charge in [-0.3, -0.25) is 4.98 Å². The molecule has 2 aromatic heterocycles. The lowest BCUT2D eigenvalue weighted by molar-refractivity contribution is 0.670. The highest BCUT2D eigenvalue weighted by molar-refractivity contribution is 6.10. The van der Waals surface area contributed by atoms with Crippen LogP contribution in [-0.2, 0) is 0 Å². The van der Waals surface area contributed by atoms with E-state index in [9.17, 15) is 0 Å². The van der Waals surface area contributed by atoms with Gasteiger partial charge in [-0.1, -0.05) is 92.7 Å². The van der Waals surface area contributed by atoms with E-state index in [2.05, 4.69) is 116 Å². The third-order valence-corrected chi connectivity index (χ3v) is 6.55. The highest BCUT2D eigenvalue weighted by Crippen LogP contribution is 2.37. The molecule has 0 radical (unpaired) electrons. The molecule has 2 nitrogen and oxygen atoms in total. The lowest BCUT2D eigenvalue weighted by Crippen LogP contribution is -1.90. The maximum atomic E-state index is 6.46. The zero-order valence-corrected chi connectivity index (χ0v) is 19.3. The molecule has 6 aromatic rings. The van der Waals surface area contributed by atoms with E-state index in [0.29, 0.717) is 5.92 Å². The first-order valence-corrected chi connectivity index (χ1v) is 11.7. The topological polar surface area (TPSA) is 26.0 Å². The van der Waals surface area contributed by atoms with Crippen LogP contribution in [0.5, 0.6) is 0 Å². The average Bonchev–Trinajstić information content (AvgIpc) is 3.27. The molecule has 0 fully saturated rings. The predicted molar refractivity (Wildman–Crippen MR) is 142 cm³/mol. The van der Waals surface area contributed by atoms with Gasteiger partial charge in [-0.2, -0.15) is 0 Å². The van der Waals surface area contributed by atoms with Crippen molar-refractivity contribution in [3.05, 3.63) is 115 Å². The average molecular weight is 440 g/mol. The van der Waals surface area contributed by atoms with Gasteiger partial charge >= 0.3 is 0 Å². The first-order valence-electron chi connectivity index (χ1n) is 11.7. The van der Waals surface area contributed by atoms with E-state index in [1.807, 2.05) is 12.3 Å². The van der Waals surface area contributed by atoms with Gasteiger partial charge in [0.1, 0.15) is 11.2 Å². The normalized spacial score (nSPS) is 11.5. The van der Waals surface area contributed by atoms with Crippen LogP contribution >= 0.6 is 0 Å². The van der Waals surface area contributed by atoms with Crippen molar-refractivity contribution < 1.29 is 4.42 Å². The fraction of sp³-hybridized carbons (Fsp3) is 0.0938. The van der Waals surface area contributed by atoms with E-state index in [1.165, 1.54) is 16.7 Å². The van der Waals surface area contributed by atoms with E-state index >= 15 is 0 Å². The summed E-state index contributed by atoms with van der Waals surface area (Å²) >= 11 is 0. The van der Waals surface area contributed by atoms with E-state index in [0.717, 1.165) is 44.3 Å². The minimum atomic E-state index is 0.465. The number of para-hydroxylation sites is 1. The van der Waals surface area contributed by atoms with Gasteiger partial charge in [0, 0.05) is 28.1 Å². The lowest BCUT2D eigenvalue weighted by Gasteiger charge is -2.07. The number of fused-ring (bicyclic) bond motifs is 3. The molecule has 0 aliphatic carbocycles. The van der Waals surface area contributed by atoms with Crippen molar-refractivity contribution >= 4 is 21.9 Å². The Hall–Kier alpha value is -4.17. The Kier molecular flexibility index (Phi) is 5.00. The van der Waals surface area contributed by atoms with Crippen molar-refractivity contribution in [3.63, 3.8) is 0 Å². The molecule has 0 aliphatic heterocycles. The molecule has 0 N–H and O–H groups in total. The second-order valence-electron chi connectivity index (χ2n) is 9.07. The second-order valence-corrected chi connectivity index (χ2v) is 9.07. The predicted octanol–water partition coefficient (Wildman–Crippen LogP) is 9.11. The molecule has 4 aromatic carbocycles. The van der Waals surface area contributed by atoms with Gasteiger partial charge in [-0.05, 0) is 52.4 Å². The third kappa shape index (κ3) is 3.58. The molecule has 0 atom stereocenters. The quantitative estimate of drug-likeness (QED) is 0.274. The first-order chi connectivity index (χ1) is 16.7. The van der Waals surface area contributed by atoms with Gasteiger partial charge in [-0.25, -0.2) is 0 Å². The van der Waals surface area contributed by atoms with Crippen molar-refractivity contribution in [1.29, 1.82) is 0 Å². The Morgan fingerprint density at radius 2 is 1.35 bits per heavy atom. The summed E-state index contributed by atoms with van der Waals surface area (Å²) in [5.74, 6) is 0.465. The number of pyridine rings is 1. The van der Waals surface area contributed by atoms with Crippen LogP contribution in [0.2, 0.25) is 0 Å². The van der Waals surface area contributed by atoms with Crippen molar-refractivity contribution in [1.82, 2.24) is 4.98 Å². The number of hydrogen-bond acceptors (Lipinski definition) is 2. The minimum Gasteiger partial charge on any atom is -0.455 e. The molecule has 2 heteroatoms. The summed E-state index contributed by atoms with van der Waals surface area (Å²) in [5.41, 5.74) is 9.83. The molecule has 0 saturated carbocycles. The van der Waals surface area contributed by atoms with Crippen LogP contribution in [0.4, 0.5) is 0 Å². The van der Waals surface area contributed by atoms with Crippen molar-refractivity contribution in [3.8, 4) is 33.5 Å². The van der Waals surface area contributed by atoms with Crippen LogP contribution in [-0.4, -0.2) is 4.98 Å². The number of benzene rings is 4. The number of hydrogen-bond donors (Lipinski definition) is 0. The van der Waals surface area contributed by atoms with Crippen molar-refractivity contribution in [2.45, 2.75) is 19.8 Å². The molecule has 0 saturated heterocycles. The number of rotatable bonds is 4. The smallest absolute Gasteiger partial charge is 0.143 e. The summed E-state index contributed by atoms with van der Waals surface area (Å²) in [6, 6.07) is 36.2. The largest absolute Gasteiger partial charge is 0.455 e. The summed E-state index contributed by atoms with van der Waals surface area (Å²) in [4.78, 5) is 4.61. The molecular weight excluding hydrogens is 414 g/mol. The highest BCUT2D eigenvalue weighted by Gasteiger charge is 2.14. The first kappa shape index (κ1) is 20.4. The zero-order chi connectivity index (χ0) is 23.1. The lowest BCUT2D eigenvalue weighted by atomic mass is 9.98. The van der Waals surface area contributed by atoms with E-state index < -0.39 is 0 Å². The molecule has 164 valence electrons. The van der Waals surface area contributed by atoms with Gasteiger partial charge < -0.3 is 4.42 Å². The maximum absolute atomic E-state index is 6.46. The van der Waals surface area contributed by atoms with Crippen LogP contribution < -0.4 is 0 Å². The Bertz CT molecular complexity index is 1610. The minimum absolute atomic E-state index is 0.465. The molecule has 6 rings (SSSR count). The molecule has 34 heavy (non-hydrogen) atoms. The van der Waals surface area contributed by atoms with Gasteiger partial charge in [0.25, 0.3) is 0 Å². The Balaban J connectivity index is 1.43. The van der Waals surface area contributed by atoms with Gasteiger partial charge in [-0.15, -0.1) is 0 Å². The van der Waals surface area contributed by atoms with E-state index in [1.54, 1.807) is 0 Å². The fourth-order valence-electron chi connectivity index (χ4n) is 4.62. The summed E-state index contributed by atoms with van der Waals surface area (Å²) < 4.78 is 6.46. The Morgan fingerprint density at radius 1 is 0.618 bits per heavy atom. The number of furan rings is 1. The second kappa shape index (κ2) is 8.31. The molecule has 0 aliphatic rings. The number of nitrogens with zero attached hydrogens (tertiary/aromatic N) is 1. The summed E-state index contributed by atoms with van der Waals surface area (Å²) in [5, 5.41) is 2.26. The molecule has 0 spiro atoms. The van der Waals surface area contributed by atoms with E-state index in [-0.39, 0.29) is 0 Å². The number of aromatic nitrogens is 1. The SMILES string of the molecule is CC(C)c1ccnc(-c2ccc3c(c2)oc2c(-c4ccc(-c5ccccc5)cc4)cccc23)c1. The standard InChI is InChI=1S/C32H25NO/c1-21(2)25-17-18-33-30(19-25)26-15-16-28-29-10-6-9-27(32(29)34-31(28)20-26)24-13-11-23(12-14-24)22-7-4-3-5-8-22/h3-21H,1-2H3. The molecule has 2 heterocycles. The Labute approximate surface area is 199 Å². The van der Waals surface area contributed by atoms with Crippen LogP contribution in [0.1, 0.15) is 25.3 Å². The van der Waals surface area contributed by atoms with Crippen molar-refractivity contribution in [2.75, 3.05) is 0 Å². The van der Waals surface area contributed by atoms with Crippen LogP contribution in [0.25, 0.3) is 55.4 Å². The van der Waals surface area contributed by atoms with Crippen LogP contribution in [0, 0.1) is 0 Å². The van der Waals surface area contributed by atoms with Crippen LogP contribution in [0.15, 0.2) is 114 Å². The van der Waals surface area contributed by atoms with Gasteiger partial charge in [0.05, 0.1) is 5.69 Å². The monoisotopic (exact) mass is 439 g/mol. The summed E-state index contributed by atoms with van der Waals surface area (Å²) in [6.07, 6.45) is 1.89.